The van der Waals surface area contributed by atoms with Gasteiger partial charge in [0.25, 0.3) is 5.91 Å². The van der Waals surface area contributed by atoms with Crippen molar-refractivity contribution in [1.29, 1.82) is 0 Å². The van der Waals surface area contributed by atoms with Gasteiger partial charge >= 0.3 is 0 Å². The zero-order valence-corrected chi connectivity index (χ0v) is 14.9. The van der Waals surface area contributed by atoms with E-state index >= 15 is 0 Å². The highest BCUT2D eigenvalue weighted by Crippen LogP contribution is 2.29. The predicted octanol–water partition coefficient (Wildman–Crippen LogP) is 3.92. The number of benzene rings is 1. The molecule has 1 aromatic heterocycles. The molecular weight excluding hydrogens is 316 g/mol. The average molecular weight is 340 g/mol. The number of carbonyl (C=O) groups is 1. The molecule has 1 aromatic carbocycles. The lowest BCUT2D eigenvalue weighted by atomic mass is 10.0. The number of aromatic nitrogens is 1. The Morgan fingerprint density at radius 1 is 1.24 bits per heavy atom. The topological polar surface area (TPSA) is 60.5 Å². The molecule has 5 nitrogen and oxygen atoms in total. The van der Waals surface area contributed by atoms with Crippen LogP contribution in [0.25, 0.3) is 0 Å². The number of rotatable bonds is 8. The van der Waals surface area contributed by atoms with Crippen molar-refractivity contribution in [3.05, 3.63) is 66.5 Å². The van der Waals surface area contributed by atoms with E-state index in [1.165, 1.54) is 0 Å². The molecule has 1 atom stereocenters. The minimum Gasteiger partial charge on any atom is -0.493 e. The molecule has 5 heteroatoms. The monoisotopic (exact) mass is 340 g/mol. The second-order valence-electron chi connectivity index (χ2n) is 5.86. The Morgan fingerprint density at radius 3 is 2.56 bits per heavy atom. The first-order valence-electron chi connectivity index (χ1n) is 8.21. The summed E-state index contributed by atoms with van der Waals surface area (Å²) >= 11 is 0. The van der Waals surface area contributed by atoms with Crippen LogP contribution in [-0.4, -0.2) is 24.1 Å². The van der Waals surface area contributed by atoms with Crippen molar-refractivity contribution in [3.8, 4) is 11.5 Å². The standard InChI is InChI=1S/C20H24N2O3/c1-5-6-17(15-9-11-21-12-10-15)22-20(23)16-7-8-18(25-14(2)3)19(13-16)24-4/h5,7-14,17H,1,6H2,2-4H3,(H,22,23). The van der Waals surface area contributed by atoms with Crippen LogP contribution in [0.3, 0.4) is 0 Å². The summed E-state index contributed by atoms with van der Waals surface area (Å²) in [7, 11) is 1.56. The molecule has 2 rings (SSSR count). The minimum atomic E-state index is -0.182. The van der Waals surface area contributed by atoms with Crippen LogP contribution >= 0.6 is 0 Å². The van der Waals surface area contributed by atoms with Gasteiger partial charge in [0.1, 0.15) is 0 Å². The van der Waals surface area contributed by atoms with Gasteiger partial charge in [-0.3, -0.25) is 9.78 Å². The van der Waals surface area contributed by atoms with E-state index < -0.39 is 0 Å². The number of pyridine rings is 1. The highest BCUT2D eigenvalue weighted by atomic mass is 16.5. The van der Waals surface area contributed by atoms with E-state index in [0.717, 1.165) is 5.56 Å². The molecule has 1 N–H and O–H groups in total. The van der Waals surface area contributed by atoms with E-state index in [-0.39, 0.29) is 18.1 Å². The van der Waals surface area contributed by atoms with Gasteiger partial charge in [0.2, 0.25) is 0 Å². The molecule has 1 amide bonds. The van der Waals surface area contributed by atoms with Gasteiger partial charge in [-0.25, -0.2) is 0 Å². The third kappa shape index (κ3) is 5.08. The molecular formula is C20H24N2O3. The van der Waals surface area contributed by atoms with Crippen molar-refractivity contribution in [3.63, 3.8) is 0 Å². The summed E-state index contributed by atoms with van der Waals surface area (Å²) in [6.07, 6.45) is 5.85. The average Bonchev–Trinajstić information content (AvgIpc) is 2.61. The van der Waals surface area contributed by atoms with Gasteiger partial charge in [0, 0.05) is 18.0 Å². The molecule has 0 radical (unpaired) electrons. The Hall–Kier alpha value is -2.82. The van der Waals surface area contributed by atoms with E-state index in [9.17, 15) is 4.79 Å². The molecule has 132 valence electrons. The number of methoxy groups -OCH3 is 1. The molecule has 0 spiro atoms. The predicted molar refractivity (Wildman–Crippen MR) is 98.0 cm³/mol. The maximum Gasteiger partial charge on any atom is 0.251 e. The molecule has 1 unspecified atom stereocenters. The van der Waals surface area contributed by atoms with Crippen molar-refractivity contribution in [2.45, 2.75) is 32.4 Å². The molecule has 0 fully saturated rings. The second kappa shape index (κ2) is 8.87. The lowest BCUT2D eigenvalue weighted by Crippen LogP contribution is -2.28. The minimum absolute atomic E-state index is 0.0252. The number of hydrogen-bond donors (Lipinski definition) is 1. The fraction of sp³-hybridized carbons (Fsp3) is 0.300. The Bertz CT molecular complexity index is 714. The lowest BCUT2D eigenvalue weighted by Gasteiger charge is -2.18. The largest absolute Gasteiger partial charge is 0.493 e. The first-order chi connectivity index (χ1) is 12.0. The smallest absolute Gasteiger partial charge is 0.251 e. The first-order valence-corrected chi connectivity index (χ1v) is 8.21. The number of hydrogen-bond acceptors (Lipinski definition) is 4. The third-order valence-corrected chi connectivity index (χ3v) is 3.60. The normalized spacial score (nSPS) is 11.7. The summed E-state index contributed by atoms with van der Waals surface area (Å²) in [5.41, 5.74) is 1.49. The molecule has 2 aromatic rings. The molecule has 0 saturated carbocycles. The van der Waals surface area contributed by atoms with Crippen LogP contribution in [0.1, 0.15) is 42.2 Å². The number of carbonyl (C=O) groups excluding carboxylic acids is 1. The molecule has 0 bridgehead atoms. The van der Waals surface area contributed by atoms with Crippen molar-refractivity contribution < 1.29 is 14.3 Å². The van der Waals surface area contributed by atoms with Gasteiger partial charge < -0.3 is 14.8 Å². The van der Waals surface area contributed by atoms with Crippen LogP contribution in [-0.2, 0) is 0 Å². The zero-order valence-electron chi connectivity index (χ0n) is 14.9. The van der Waals surface area contributed by atoms with Crippen molar-refractivity contribution in [2.75, 3.05) is 7.11 Å². The molecule has 0 aliphatic heterocycles. The summed E-state index contributed by atoms with van der Waals surface area (Å²) in [4.78, 5) is 16.7. The Kier molecular flexibility index (Phi) is 6.57. The summed E-state index contributed by atoms with van der Waals surface area (Å²) in [6, 6.07) is 8.77. The van der Waals surface area contributed by atoms with Crippen LogP contribution in [0.5, 0.6) is 11.5 Å². The van der Waals surface area contributed by atoms with Crippen LogP contribution in [0.4, 0.5) is 0 Å². The van der Waals surface area contributed by atoms with Crippen LogP contribution in [0.15, 0.2) is 55.4 Å². The van der Waals surface area contributed by atoms with Gasteiger partial charge in [-0.2, -0.15) is 0 Å². The highest BCUT2D eigenvalue weighted by molar-refractivity contribution is 5.95. The van der Waals surface area contributed by atoms with E-state index in [2.05, 4.69) is 16.9 Å². The fourth-order valence-corrected chi connectivity index (χ4v) is 2.44. The summed E-state index contributed by atoms with van der Waals surface area (Å²) in [6.45, 7) is 7.65. The van der Waals surface area contributed by atoms with Crippen molar-refractivity contribution >= 4 is 5.91 Å². The molecule has 1 heterocycles. The molecule has 0 aliphatic rings. The van der Waals surface area contributed by atoms with Gasteiger partial charge in [-0.05, 0) is 56.2 Å². The summed E-state index contributed by atoms with van der Waals surface area (Å²) in [5.74, 6) is 0.967. The van der Waals surface area contributed by atoms with Gasteiger partial charge in [0.15, 0.2) is 11.5 Å². The summed E-state index contributed by atoms with van der Waals surface area (Å²) in [5, 5.41) is 3.03. The Morgan fingerprint density at radius 2 is 1.96 bits per heavy atom. The SMILES string of the molecule is C=CCC(NC(=O)c1ccc(OC(C)C)c(OC)c1)c1ccncc1. The summed E-state index contributed by atoms with van der Waals surface area (Å²) < 4.78 is 11.0. The van der Waals surface area contributed by atoms with E-state index in [4.69, 9.17) is 9.47 Å². The number of ether oxygens (including phenoxy) is 2. The molecule has 0 saturated heterocycles. The van der Waals surface area contributed by atoms with Crippen LogP contribution in [0.2, 0.25) is 0 Å². The highest BCUT2D eigenvalue weighted by Gasteiger charge is 2.17. The quantitative estimate of drug-likeness (QED) is 0.740. The third-order valence-electron chi connectivity index (χ3n) is 3.60. The second-order valence-corrected chi connectivity index (χ2v) is 5.86. The lowest BCUT2D eigenvalue weighted by molar-refractivity contribution is 0.0936. The van der Waals surface area contributed by atoms with E-state index in [1.807, 2.05) is 26.0 Å². The maximum absolute atomic E-state index is 12.6. The molecule has 0 aliphatic carbocycles. The maximum atomic E-state index is 12.6. The fourth-order valence-electron chi connectivity index (χ4n) is 2.44. The van der Waals surface area contributed by atoms with Crippen molar-refractivity contribution in [2.24, 2.45) is 0 Å². The molecule has 25 heavy (non-hydrogen) atoms. The number of nitrogens with zero attached hydrogens (tertiary/aromatic N) is 1. The van der Waals surface area contributed by atoms with Gasteiger partial charge in [-0.15, -0.1) is 6.58 Å². The van der Waals surface area contributed by atoms with Crippen LogP contribution in [0, 0.1) is 0 Å². The zero-order chi connectivity index (χ0) is 18.2. The Labute approximate surface area is 148 Å². The first kappa shape index (κ1) is 18.5. The van der Waals surface area contributed by atoms with E-state index in [0.29, 0.717) is 23.5 Å². The Balaban J connectivity index is 2.19. The van der Waals surface area contributed by atoms with Gasteiger partial charge in [0.05, 0.1) is 19.3 Å². The van der Waals surface area contributed by atoms with E-state index in [1.54, 1.807) is 43.8 Å². The van der Waals surface area contributed by atoms with Gasteiger partial charge in [-0.1, -0.05) is 6.08 Å². The van der Waals surface area contributed by atoms with Crippen LogP contribution < -0.4 is 14.8 Å². The number of amides is 1. The number of nitrogens with one attached hydrogen (secondary N) is 1. The van der Waals surface area contributed by atoms with Crippen molar-refractivity contribution in [1.82, 2.24) is 10.3 Å².